The van der Waals surface area contributed by atoms with E-state index in [1.54, 1.807) is 0 Å². The van der Waals surface area contributed by atoms with Gasteiger partial charge in [0.1, 0.15) is 0 Å². The highest BCUT2D eigenvalue weighted by Crippen LogP contribution is 2.65. The fraction of sp³-hybridized carbons (Fsp3) is 1.00. The van der Waals surface area contributed by atoms with Crippen molar-refractivity contribution in [3.05, 3.63) is 0 Å². The van der Waals surface area contributed by atoms with Crippen LogP contribution in [0.5, 0.6) is 0 Å². The molecule has 0 heteroatoms. The zero-order valence-corrected chi connectivity index (χ0v) is 7.35. The van der Waals surface area contributed by atoms with Crippen molar-refractivity contribution in [3.8, 4) is 0 Å². The van der Waals surface area contributed by atoms with Gasteiger partial charge in [-0.05, 0) is 42.4 Å². The van der Waals surface area contributed by atoms with Crippen LogP contribution in [0.25, 0.3) is 0 Å². The molecule has 0 saturated heterocycles. The summed E-state index contributed by atoms with van der Waals surface area (Å²) in [6.07, 6.45) is 4.51. The highest BCUT2D eigenvalue weighted by atomic mass is 14.6. The zero-order chi connectivity index (χ0) is 7.35. The average Bonchev–Trinajstić information content (AvgIpc) is 1.84. The van der Waals surface area contributed by atoms with Gasteiger partial charge in [-0.3, -0.25) is 0 Å². The second-order valence-corrected chi connectivity index (χ2v) is 4.59. The van der Waals surface area contributed by atoms with Crippen molar-refractivity contribution in [1.29, 1.82) is 0 Å². The summed E-state index contributed by atoms with van der Waals surface area (Å²) in [6.45, 7) is 7.32. The zero-order valence-electron chi connectivity index (χ0n) is 7.35. The molecule has 0 aromatic carbocycles. The van der Waals surface area contributed by atoms with Crippen molar-refractivity contribution in [1.82, 2.24) is 0 Å². The third kappa shape index (κ3) is 0.500. The smallest absolute Gasteiger partial charge is 0.0220 e. The van der Waals surface area contributed by atoms with Gasteiger partial charge < -0.3 is 0 Å². The van der Waals surface area contributed by atoms with E-state index in [4.69, 9.17) is 0 Å². The summed E-state index contributed by atoms with van der Waals surface area (Å²) in [4.78, 5) is 0. The summed E-state index contributed by atoms with van der Waals surface area (Å²) in [7, 11) is 0. The summed E-state index contributed by atoms with van der Waals surface area (Å²) >= 11 is 0. The van der Waals surface area contributed by atoms with Crippen LogP contribution in [-0.4, -0.2) is 0 Å². The molecular weight excluding hydrogens is 120 g/mol. The van der Waals surface area contributed by atoms with Gasteiger partial charge in [0.25, 0.3) is 0 Å². The van der Waals surface area contributed by atoms with Gasteiger partial charge in [-0.1, -0.05) is 20.8 Å². The highest BCUT2D eigenvalue weighted by Gasteiger charge is 2.57. The van der Waals surface area contributed by atoms with Crippen LogP contribution in [0.1, 0.15) is 40.0 Å². The van der Waals surface area contributed by atoms with Gasteiger partial charge in [0.2, 0.25) is 0 Å². The fourth-order valence-corrected chi connectivity index (χ4v) is 3.52. The lowest BCUT2D eigenvalue weighted by atomic mass is 9.41. The van der Waals surface area contributed by atoms with Crippen LogP contribution in [0.15, 0.2) is 0 Å². The van der Waals surface area contributed by atoms with Crippen LogP contribution in [0.4, 0.5) is 0 Å². The second kappa shape index (κ2) is 1.78. The Morgan fingerprint density at radius 1 is 1.00 bits per heavy atom. The Balaban J connectivity index is 2.13. The van der Waals surface area contributed by atoms with Crippen LogP contribution in [0.2, 0.25) is 0 Å². The second-order valence-electron chi connectivity index (χ2n) is 4.59. The van der Waals surface area contributed by atoms with E-state index in [1.807, 2.05) is 0 Å². The summed E-state index contributed by atoms with van der Waals surface area (Å²) in [5.41, 5.74) is 0.819. The summed E-state index contributed by atoms with van der Waals surface area (Å²) < 4.78 is 0. The maximum atomic E-state index is 2.44. The van der Waals surface area contributed by atoms with Crippen LogP contribution < -0.4 is 0 Å². The van der Waals surface area contributed by atoms with E-state index < -0.39 is 0 Å². The lowest BCUT2D eigenvalue weighted by Crippen LogP contribution is -2.56. The van der Waals surface area contributed by atoms with Gasteiger partial charge in [-0.15, -0.1) is 0 Å². The van der Waals surface area contributed by atoms with Crippen molar-refractivity contribution in [2.24, 2.45) is 23.2 Å². The van der Waals surface area contributed by atoms with Gasteiger partial charge in [-0.25, -0.2) is 0 Å². The van der Waals surface area contributed by atoms with Crippen LogP contribution in [0, 0.1) is 23.2 Å². The Hall–Kier alpha value is 0. The Labute approximate surface area is 64.0 Å². The highest BCUT2D eigenvalue weighted by molar-refractivity contribution is 5.06. The summed E-state index contributed by atoms with van der Waals surface area (Å²) in [5.74, 6) is 3.10. The van der Waals surface area contributed by atoms with Crippen LogP contribution in [-0.2, 0) is 0 Å². The molecule has 0 bridgehead atoms. The molecule has 0 nitrogen and oxygen atoms in total. The molecule has 2 saturated carbocycles. The first-order valence-corrected chi connectivity index (χ1v) is 4.68. The molecule has 2 aliphatic carbocycles. The van der Waals surface area contributed by atoms with Gasteiger partial charge in [0.15, 0.2) is 0 Å². The van der Waals surface area contributed by atoms with Gasteiger partial charge in [0.05, 0.1) is 0 Å². The minimum absolute atomic E-state index is 0.819. The first kappa shape index (κ1) is 6.69. The molecule has 0 radical (unpaired) electrons. The Kier molecular flexibility index (Phi) is 1.19. The topological polar surface area (TPSA) is 0 Å². The van der Waals surface area contributed by atoms with E-state index in [-0.39, 0.29) is 0 Å². The molecule has 10 heavy (non-hydrogen) atoms. The summed E-state index contributed by atoms with van der Waals surface area (Å²) in [6, 6.07) is 0. The molecule has 2 fully saturated rings. The molecule has 1 spiro atoms. The Morgan fingerprint density at radius 2 is 1.60 bits per heavy atom. The molecule has 2 aliphatic rings. The van der Waals surface area contributed by atoms with E-state index in [1.165, 1.54) is 19.3 Å². The minimum atomic E-state index is 0.819. The average molecular weight is 138 g/mol. The third-order valence-corrected chi connectivity index (χ3v) is 4.47. The van der Waals surface area contributed by atoms with E-state index in [0.29, 0.717) is 0 Å². The molecular formula is C10H18. The molecule has 0 aromatic heterocycles. The molecule has 58 valence electrons. The first-order valence-electron chi connectivity index (χ1n) is 4.68. The molecule has 0 aromatic rings. The largest absolute Gasteiger partial charge is 0.0620 e. The van der Waals surface area contributed by atoms with Crippen molar-refractivity contribution < 1.29 is 0 Å². The number of hydrogen-bond acceptors (Lipinski definition) is 0. The minimum Gasteiger partial charge on any atom is -0.0620 e. The molecule has 0 aliphatic heterocycles. The van der Waals surface area contributed by atoms with Gasteiger partial charge in [-0.2, -0.15) is 0 Å². The Morgan fingerprint density at radius 3 is 1.70 bits per heavy atom. The van der Waals surface area contributed by atoms with Crippen molar-refractivity contribution in [3.63, 3.8) is 0 Å². The normalized spacial score (nSPS) is 59.7. The molecule has 0 N–H and O–H groups in total. The predicted octanol–water partition coefficient (Wildman–Crippen LogP) is 3.08. The third-order valence-electron chi connectivity index (χ3n) is 4.47. The van der Waals surface area contributed by atoms with Crippen LogP contribution in [0.3, 0.4) is 0 Å². The van der Waals surface area contributed by atoms with E-state index in [0.717, 1.165) is 23.2 Å². The number of rotatable bonds is 0. The van der Waals surface area contributed by atoms with E-state index >= 15 is 0 Å². The fourth-order valence-electron chi connectivity index (χ4n) is 3.52. The quantitative estimate of drug-likeness (QED) is 0.482. The molecule has 0 amide bonds. The van der Waals surface area contributed by atoms with Crippen molar-refractivity contribution in [2.45, 2.75) is 40.0 Å². The molecule has 3 atom stereocenters. The maximum absolute atomic E-state index is 2.44. The number of hydrogen-bond donors (Lipinski definition) is 0. The van der Waals surface area contributed by atoms with E-state index in [2.05, 4.69) is 20.8 Å². The molecule has 2 rings (SSSR count). The maximum Gasteiger partial charge on any atom is -0.0220 e. The Bertz CT molecular complexity index is 132. The standard InChI is InChI=1S/C10H18/c1-7-4-5-10(7)8(2)6-9(10)3/h7-9H,4-6H2,1-3H3. The SMILES string of the molecule is CC1CCC12C(C)CC2C. The molecule has 0 heterocycles. The van der Waals surface area contributed by atoms with Gasteiger partial charge in [0, 0.05) is 0 Å². The molecule has 3 unspecified atom stereocenters. The predicted molar refractivity (Wildman–Crippen MR) is 43.8 cm³/mol. The van der Waals surface area contributed by atoms with Crippen molar-refractivity contribution >= 4 is 0 Å². The van der Waals surface area contributed by atoms with E-state index in [9.17, 15) is 0 Å². The van der Waals surface area contributed by atoms with Gasteiger partial charge >= 0.3 is 0 Å². The lowest BCUT2D eigenvalue weighted by Gasteiger charge is -2.64. The lowest BCUT2D eigenvalue weighted by molar-refractivity contribution is -0.149. The van der Waals surface area contributed by atoms with Crippen molar-refractivity contribution in [2.75, 3.05) is 0 Å². The van der Waals surface area contributed by atoms with Crippen LogP contribution >= 0.6 is 0 Å². The monoisotopic (exact) mass is 138 g/mol. The first-order chi connectivity index (χ1) is 4.68. The summed E-state index contributed by atoms with van der Waals surface area (Å²) in [5, 5.41) is 0.